The number of carboxylic acid groups (broad SMARTS) is 1. The van der Waals surface area contributed by atoms with E-state index in [0.717, 1.165) is 15.4 Å². The van der Waals surface area contributed by atoms with E-state index < -0.39 is 12.1 Å². The molecular weight excluding hydrogens is 348 g/mol. The number of nitrogens with zero attached hydrogens (tertiary/aromatic N) is 2. The lowest BCUT2D eigenvalue weighted by Crippen LogP contribution is -2.09. The van der Waals surface area contributed by atoms with Gasteiger partial charge in [-0.15, -0.1) is 0 Å². The van der Waals surface area contributed by atoms with Crippen LogP contribution < -0.4 is 0 Å². The molecule has 1 unspecified atom stereocenters. The number of aromatic carboxylic acids is 1. The molecular formula is C16H13BrN2O3. The number of aliphatic hydroxyl groups excluding tert-OH is 1. The van der Waals surface area contributed by atoms with Gasteiger partial charge in [-0.3, -0.25) is 4.68 Å². The van der Waals surface area contributed by atoms with Gasteiger partial charge in [0.15, 0.2) is 0 Å². The quantitative estimate of drug-likeness (QED) is 0.748. The van der Waals surface area contributed by atoms with E-state index in [4.69, 9.17) is 5.11 Å². The minimum atomic E-state index is -0.982. The lowest BCUT2D eigenvalue weighted by molar-refractivity contribution is 0.0696. The number of benzene rings is 2. The van der Waals surface area contributed by atoms with Crippen molar-refractivity contribution in [2.24, 2.45) is 0 Å². The van der Waals surface area contributed by atoms with Crippen LogP contribution in [0.5, 0.6) is 0 Å². The first kappa shape index (κ1) is 14.7. The van der Waals surface area contributed by atoms with Crippen LogP contribution in [0, 0.1) is 0 Å². The van der Waals surface area contributed by atoms with Crippen molar-refractivity contribution < 1.29 is 15.0 Å². The Morgan fingerprint density at radius 3 is 2.59 bits per heavy atom. The summed E-state index contributed by atoms with van der Waals surface area (Å²) in [5.41, 5.74) is 1.70. The van der Waals surface area contributed by atoms with Gasteiger partial charge in [0.25, 0.3) is 0 Å². The van der Waals surface area contributed by atoms with Crippen LogP contribution >= 0.6 is 15.9 Å². The Morgan fingerprint density at radius 2 is 1.95 bits per heavy atom. The van der Waals surface area contributed by atoms with Crippen molar-refractivity contribution in [2.45, 2.75) is 12.6 Å². The highest BCUT2D eigenvalue weighted by atomic mass is 79.9. The fourth-order valence-electron chi connectivity index (χ4n) is 2.28. The van der Waals surface area contributed by atoms with Crippen LogP contribution in [-0.2, 0) is 6.54 Å². The molecule has 0 radical (unpaired) electrons. The molecule has 5 nitrogen and oxygen atoms in total. The molecule has 0 aliphatic heterocycles. The third-order valence-electron chi connectivity index (χ3n) is 3.45. The fourth-order valence-corrected chi connectivity index (χ4v) is 2.74. The Hall–Kier alpha value is -2.18. The first-order valence-electron chi connectivity index (χ1n) is 6.67. The monoisotopic (exact) mass is 360 g/mol. The summed E-state index contributed by atoms with van der Waals surface area (Å²) in [7, 11) is 0. The number of rotatable bonds is 4. The molecule has 2 aromatic carbocycles. The van der Waals surface area contributed by atoms with Crippen molar-refractivity contribution in [3.8, 4) is 0 Å². The van der Waals surface area contributed by atoms with Crippen molar-refractivity contribution >= 4 is 32.8 Å². The summed E-state index contributed by atoms with van der Waals surface area (Å²) in [5, 5.41) is 24.6. The number of fused-ring (bicyclic) bond motifs is 1. The van der Waals surface area contributed by atoms with Crippen LogP contribution in [0.4, 0.5) is 0 Å². The summed E-state index contributed by atoms with van der Waals surface area (Å²) in [6.07, 6.45) is 1.12. The molecule has 3 aromatic rings. The van der Waals surface area contributed by atoms with E-state index in [1.807, 2.05) is 24.4 Å². The Bertz CT molecular complexity index is 827. The first-order valence-corrected chi connectivity index (χ1v) is 7.47. The van der Waals surface area contributed by atoms with Gasteiger partial charge in [0, 0.05) is 16.1 Å². The highest BCUT2D eigenvalue weighted by Gasteiger charge is 2.12. The van der Waals surface area contributed by atoms with Gasteiger partial charge in [0.1, 0.15) is 0 Å². The van der Waals surface area contributed by atoms with Gasteiger partial charge in [0.05, 0.1) is 23.7 Å². The van der Waals surface area contributed by atoms with Crippen LogP contribution in [-0.4, -0.2) is 26.0 Å². The zero-order valence-corrected chi connectivity index (χ0v) is 13.1. The van der Waals surface area contributed by atoms with Crippen LogP contribution in [0.2, 0.25) is 0 Å². The van der Waals surface area contributed by atoms with Crippen molar-refractivity contribution in [3.05, 3.63) is 64.3 Å². The average molecular weight is 361 g/mol. The molecule has 3 rings (SSSR count). The van der Waals surface area contributed by atoms with Gasteiger partial charge in [-0.2, -0.15) is 5.10 Å². The standard InChI is InChI=1S/C16H13BrN2O3/c17-13-2-1-3-14-12(13)8-19(18-14)9-15(20)10-4-6-11(7-5-10)16(21)22/h1-8,15,20H,9H2,(H,21,22). The molecule has 1 heterocycles. The molecule has 0 aliphatic rings. The molecule has 0 amide bonds. The van der Waals surface area contributed by atoms with Crippen molar-refractivity contribution in [1.29, 1.82) is 0 Å². The van der Waals surface area contributed by atoms with Crippen molar-refractivity contribution in [1.82, 2.24) is 9.78 Å². The fraction of sp³-hybridized carbons (Fsp3) is 0.125. The second-order valence-corrected chi connectivity index (χ2v) is 5.82. The smallest absolute Gasteiger partial charge is 0.335 e. The number of halogens is 1. The number of carboxylic acids is 1. The molecule has 0 spiro atoms. The summed E-state index contributed by atoms with van der Waals surface area (Å²) in [4.78, 5) is 10.8. The van der Waals surface area contributed by atoms with E-state index in [9.17, 15) is 9.90 Å². The number of carbonyl (C=O) groups is 1. The third-order valence-corrected chi connectivity index (χ3v) is 4.14. The molecule has 1 aromatic heterocycles. The van der Waals surface area contributed by atoms with Gasteiger partial charge in [-0.25, -0.2) is 4.79 Å². The molecule has 112 valence electrons. The van der Waals surface area contributed by atoms with E-state index in [0.29, 0.717) is 12.1 Å². The van der Waals surface area contributed by atoms with E-state index in [1.54, 1.807) is 16.8 Å². The van der Waals surface area contributed by atoms with Gasteiger partial charge in [0.2, 0.25) is 0 Å². The molecule has 0 bridgehead atoms. The van der Waals surface area contributed by atoms with Gasteiger partial charge >= 0.3 is 5.97 Å². The molecule has 0 fully saturated rings. The Kier molecular flexibility index (Phi) is 3.96. The molecule has 0 aliphatic carbocycles. The summed E-state index contributed by atoms with van der Waals surface area (Å²) in [6, 6.07) is 12.0. The number of aromatic nitrogens is 2. The third kappa shape index (κ3) is 2.88. The largest absolute Gasteiger partial charge is 0.478 e. The lowest BCUT2D eigenvalue weighted by atomic mass is 10.1. The van der Waals surface area contributed by atoms with Crippen LogP contribution in [0.25, 0.3) is 10.9 Å². The van der Waals surface area contributed by atoms with Gasteiger partial charge in [-0.1, -0.05) is 34.1 Å². The number of hydrogen-bond donors (Lipinski definition) is 2. The Balaban J connectivity index is 1.81. The maximum atomic E-state index is 10.8. The normalized spacial score (nSPS) is 12.5. The second-order valence-electron chi connectivity index (χ2n) is 4.97. The average Bonchev–Trinajstić information content (AvgIpc) is 2.91. The zero-order valence-electron chi connectivity index (χ0n) is 11.5. The Morgan fingerprint density at radius 1 is 1.23 bits per heavy atom. The minimum Gasteiger partial charge on any atom is -0.478 e. The molecule has 1 atom stereocenters. The lowest BCUT2D eigenvalue weighted by Gasteiger charge is -2.11. The van der Waals surface area contributed by atoms with E-state index in [2.05, 4.69) is 21.0 Å². The maximum absolute atomic E-state index is 10.8. The van der Waals surface area contributed by atoms with Crippen molar-refractivity contribution in [3.63, 3.8) is 0 Å². The predicted octanol–water partition coefficient (Wildman–Crippen LogP) is 3.23. The predicted molar refractivity (Wildman–Crippen MR) is 85.8 cm³/mol. The van der Waals surface area contributed by atoms with Crippen LogP contribution in [0.15, 0.2) is 53.1 Å². The SMILES string of the molecule is O=C(O)c1ccc(C(O)Cn2cc3c(Br)cccc3n2)cc1. The summed E-state index contributed by atoms with van der Waals surface area (Å²) in [5.74, 6) is -0.982. The summed E-state index contributed by atoms with van der Waals surface area (Å²) >= 11 is 3.47. The Labute approximate surface area is 134 Å². The van der Waals surface area contributed by atoms with Crippen molar-refractivity contribution in [2.75, 3.05) is 0 Å². The number of hydrogen-bond acceptors (Lipinski definition) is 3. The minimum absolute atomic E-state index is 0.199. The van der Waals surface area contributed by atoms with E-state index in [1.165, 1.54) is 12.1 Å². The highest BCUT2D eigenvalue weighted by Crippen LogP contribution is 2.24. The van der Waals surface area contributed by atoms with Gasteiger partial charge < -0.3 is 10.2 Å². The van der Waals surface area contributed by atoms with Crippen LogP contribution in [0.3, 0.4) is 0 Å². The second kappa shape index (κ2) is 5.90. The van der Waals surface area contributed by atoms with E-state index >= 15 is 0 Å². The first-order chi connectivity index (χ1) is 10.5. The molecule has 6 heteroatoms. The topological polar surface area (TPSA) is 75.3 Å². The van der Waals surface area contributed by atoms with E-state index in [-0.39, 0.29) is 5.56 Å². The molecule has 0 saturated heterocycles. The maximum Gasteiger partial charge on any atom is 0.335 e. The number of aliphatic hydroxyl groups is 1. The molecule has 2 N–H and O–H groups in total. The van der Waals surface area contributed by atoms with Gasteiger partial charge in [-0.05, 0) is 29.8 Å². The van der Waals surface area contributed by atoms with Crippen LogP contribution in [0.1, 0.15) is 22.0 Å². The molecule has 0 saturated carbocycles. The zero-order chi connectivity index (χ0) is 15.7. The molecule has 22 heavy (non-hydrogen) atoms. The summed E-state index contributed by atoms with van der Waals surface area (Å²) < 4.78 is 2.64. The summed E-state index contributed by atoms with van der Waals surface area (Å²) in [6.45, 7) is 0.299. The highest BCUT2D eigenvalue weighted by molar-refractivity contribution is 9.10.